The van der Waals surface area contributed by atoms with Gasteiger partial charge in [-0.3, -0.25) is 9.69 Å². The van der Waals surface area contributed by atoms with Crippen molar-refractivity contribution in [3.05, 3.63) is 58.3 Å². The van der Waals surface area contributed by atoms with Crippen molar-refractivity contribution in [2.24, 2.45) is 0 Å². The van der Waals surface area contributed by atoms with Gasteiger partial charge in [-0.1, -0.05) is 24.3 Å². The van der Waals surface area contributed by atoms with Crippen LogP contribution in [-0.2, 0) is 11.3 Å². The lowest BCUT2D eigenvalue weighted by Gasteiger charge is -2.34. The second kappa shape index (κ2) is 8.13. The maximum absolute atomic E-state index is 12.4. The zero-order valence-electron chi connectivity index (χ0n) is 13.9. The van der Waals surface area contributed by atoms with Crippen LogP contribution in [0.4, 0.5) is 0 Å². The summed E-state index contributed by atoms with van der Waals surface area (Å²) >= 11 is 1.79. The molecule has 0 bridgehead atoms. The van der Waals surface area contributed by atoms with E-state index in [1.165, 1.54) is 4.88 Å². The minimum atomic E-state index is 0.0664. The summed E-state index contributed by atoms with van der Waals surface area (Å²) in [5.41, 5.74) is 0.921. The quantitative estimate of drug-likeness (QED) is 0.783. The van der Waals surface area contributed by atoms with Crippen molar-refractivity contribution < 1.29 is 9.53 Å². The normalized spacial score (nSPS) is 15.8. The molecule has 1 aromatic carbocycles. The summed E-state index contributed by atoms with van der Waals surface area (Å²) in [5.74, 6) is 0.846. The highest BCUT2D eigenvalue weighted by atomic mass is 32.1. The molecule has 0 spiro atoms. The number of rotatable bonds is 5. The summed E-state index contributed by atoms with van der Waals surface area (Å²) in [4.78, 5) is 18.1. The minimum Gasteiger partial charge on any atom is -0.496 e. The Kier molecular flexibility index (Phi) is 5.67. The Hall–Kier alpha value is -2.11. The number of methoxy groups -OCH3 is 1. The molecule has 1 aliphatic rings. The van der Waals surface area contributed by atoms with Crippen molar-refractivity contribution in [2.45, 2.75) is 6.54 Å². The molecule has 1 aromatic heterocycles. The first-order chi connectivity index (χ1) is 11.8. The number of piperazine rings is 1. The number of amides is 1. The van der Waals surface area contributed by atoms with Gasteiger partial charge in [0.25, 0.3) is 0 Å². The van der Waals surface area contributed by atoms with Crippen molar-refractivity contribution >= 4 is 23.3 Å². The zero-order chi connectivity index (χ0) is 16.8. The Labute approximate surface area is 147 Å². The second-order valence-corrected chi connectivity index (χ2v) is 6.79. The van der Waals surface area contributed by atoms with Gasteiger partial charge in [0.2, 0.25) is 5.91 Å². The molecule has 0 aliphatic carbocycles. The van der Waals surface area contributed by atoms with Crippen LogP contribution >= 0.6 is 11.3 Å². The third-order valence-electron chi connectivity index (χ3n) is 4.19. The van der Waals surface area contributed by atoms with E-state index < -0.39 is 0 Å². The average Bonchev–Trinajstić information content (AvgIpc) is 3.13. The van der Waals surface area contributed by atoms with Gasteiger partial charge >= 0.3 is 0 Å². The molecule has 0 atom stereocenters. The van der Waals surface area contributed by atoms with Gasteiger partial charge in [0.15, 0.2) is 0 Å². The van der Waals surface area contributed by atoms with Gasteiger partial charge in [0, 0.05) is 49.2 Å². The highest BCUT2D eigenvalue weighted by Crippen LogP contribution is 2.19. The maximum atomic E-state index is 12.4. The lowest BCUT2D eigenvalue weighted by molar-refractivity contribution is -0.127. The Morgan fingerprint density at radius 1 is 1.17 bits per heavy atom. The van der Waals surface area contributed by atoms with E-state index >= 15 is 0 Å². The molecule has 2 heterocycles. The predicted molar refractivity (Wildman–Crippen MR) is 98.2 cm³/mol. The van der Waals surface area contributed by atoms with E-state index in [2.05, 4.69) is 22.4 Å². The SMILES string of the molecule is COc1ccccc1C=CC(=O)N1CCN(Cc2cccs2)CC1. The number of carbonyl (C=O) groups excluding carboxylic acids is 1. The lowest BCUT2D eigenvalue weighted by atomic mass is 10.2. The van der Waals surface area contributed by atoms with Crippen LogP contribution in [0.3, 0.4) is 0 Å². The molecule has 2 aromatic rings. The first kappa shape index (κ1) is 16.7. The van der Waals surface area contributed by atoms with Crippen LogP contribution in [0.25, 0.3) is 6.08 Å². The van der Waals surface area contributed by atoms with Gasteiger partial charge in [-0.15, -0.1) is 11.3 Å². The van der Waals surface area contributed by atoms with Gasteiger partial charge in [-0.05, 0) is 23.6 Å². The molecule has 1 fully saturated rings. The predicted octanol–water partition coefficient (Wildman–Crippen LogP) is 3.11. The molecule has 1 amide bonds. The van der Waals surface area contributed by atoms with E-state index in [1.807, 2.05) is 35.2 Å². The molecule has 4 nitrogen and oxygen atoms in total. The van der Waals surface area contributed by atoms with Crippen LogP contribution in [-0.4, -0.2) is 49.0 Å². The smallest absolute Gasteiger partial charge is 0.246 e. The van der Waals surface area contributed by atoms with Crippen LogP contribution in [0.5, 0.6) is 5.75 Å². The van der Waals surface area contributed by atoms with Crippen LogP contribution in [0, 0.1) is 0 Å². The molecule has 126 valence electrons. The number of ether oxygens (including phenoxy) is 1. The first-order valence-corrected chi connectivity index (χ1v) is 8.99. The van der Waals surface area contributed by atoms with Gasteiger partial charge in [-0.2, -0.15) is 0 Å². The minimum absolute atomic E-state index is 0.0664. The monoisotopic (exact) mass is 342 g/mol. The Morgan fingerprint density at radius 3 is 2.67 bits per heavy atom. The molecular formula is C19H22N2O2S. The number of hydrogen-bond acceptors (Lipinski definition) is 4. The highest BCUT2D eigenvalue weighted by molar-refractivity contribution is 7.09. The van der Waals surface area contributed by atoms with Crippen molar-refractivity contribution in [1.29, 1.82) is 0 Å². The largest absolute Gasteiger partial charge is 0.496 e. The van der Waals surface area contributed by atoms with Gasteiger partial charge in [-0.25, -0.2) is 0 Å². The molecule has 0 unspecified atom stereocenters. The number of carbonyl (C=O) groups is 1. The standard InChI is InChI=1S/C19H22N2O2S/c1-23-18-7-3-2-5-16(18)8-9-19(22)21-12-10-20(11-13-21)15-17-6-4-14-24-17/h2-9,14H,10-13,15H2,1H3. The summed E-state index contributed by atoms with van der Waals surface area (Å²) in [7, 11) is 1.64. The number of hydrogen-bond donors (Lipinski definition) is 0. The van der Waals surface area contributed by atoms with E-state index in [0.29, 0.717) is 0 Å². The zero-order valence-corrected chi connectivity index (χ0v) is 14.7. The summed E-state index contributed by atoms with van der Waals surface area (Å²) in [6, 6.07) is 12.0. The molecule has 3 rings (SSSR count). The van der Waals surface area contributed by atoms with Crippen LogP contribution in [0.15, 0.2) is 47.9 Å². The fourth-order valence-corrected chi connectivity index (χ4v) is 3.57. The molecule has 1 aliphatic heterocycles. The fourth-order valence-electron chi connectivity index (χ4n) is 2.82. The third-order valence-corrected chi connectivity index (χ3v) is 5.05. The van der Waals surface area contributed by atoms with Crippen molar-refractivity contribution in [2.75, 3.05) is 33.3 Å². The summed E-state index contributed by atoms with van der Waals surface area (Å²) in [6.45, 7) is 4.38. The Balaban J connectivity index is 1.52. The summed E-state index contributed by atoms with van der Waals surface area (Å²) < 4.78 is 5.31. The van der Waals surface area contributed by atoms with Crippen molar-refractivity contribution in [3.63, 3.8) is 0 Å². The summed E-state index contributed by atoms with van der Waals surface area (Å²) in [5, 5.41) is 2.11. The molecule has 0 saturated carbocycles. The number of para-hydroxylation sites is 1. The van der Waals surface area contributed by atoms with E-state index in [9.17, 15) is 4.79 Å². The van der Waals surface area contributed by atoms with Gasteiger partial charge < -0.3 is 9.64 Å². The Bertz CT molecular complexity index is 689. The van der Waals surface area contributed by atoms with E-state index in [4.69, 9.17) is 4.74 Å². The van der Waals surface area contributed by atoms with Gasteiger partial charge in [0.1, 0.15) is 5.75 Å². The van der Waals surface area contributed by atoms with Crippen molar-refractivity contribution in [3.8, 4) is 5.75 Å². The van der Waals surface area contributed by atoms with E-state index in [-0.39, 0.29) is 5.91 Å². The van der Waals surface area contributed by atoms with Crippen LogP contribution in [0.2, 0.25) is 0 Å². The van der Waals surface area contributed by atoms with Gasteiger partial charge in [0.05, 0.1) is 7.11 Å². The van der Waals surface area contributed by atoms with Crippen LogP contribution < -0.4 is 4.74 Å². The number of nitrogens with zero attached hydrogens (tertiary/aromatic N) is 2. The van der Waals surface area contributed by atoms with E-state index in [0.717, 1.165) is 44.0 Å². The third kappa shape index (κ3) is 4.24. The summed E-state index contributed by atoms with van der Waals surface area (Å²) in [6.07, 6.45) is 3.48. The molecule has 0 radical (unpaired) electrons. The molecular weight excluding hydrogens is 320 g/mol. The van der Waals surface area contributed by atoms with E-state index in [1.54, 1.807) is 24.5 Å². The fraction of sp³-hybridized carbons (Fsp3) is 0.316. The highest BCUT2D eigenvalue weighted by Gasteiger charge is 2.19. The maximum Gasteiger partial charge on any atom is 0.246 e. The first-order valence-electron chi connectivity index (χ1n) is 8.11. The average molecular weight is 342 g/mol. The van der Waals surface area contributed by atoms with Crippen LogP contribution in [0.1, 0.15) is 10.4 Å². The second-order valence-electron chi connectivity index (χ2n) is 5.76. The topological polar surface area (TPSA) is 32.8 Å². The molecule has 1 saturated heterocycles. The lowest BCUT2D eigenvalue weighted by Crippen LogP contribution is -2.47. The molecule has 0 N–H and O–H groups in total. The molecule has 5 heteroatoms. The Morgan fingerprint density at radius 2 is 1.96 bits per heavy atom. The number of benzene rings is 1. The van der Waals surface area contributed by atoms with Crippen molar-refractivity contribution in [1.82, 2.24) is 9.80 Å². The number of thiophene rings is 1. The molecule has 24 heavy (non-hydrogen) atoms.